The fourth-order valence-electron chi connectivity index (χ4n) is 2.43. The molecule has 1 aliphatic heterocycles. The van der Waals surface area contributed by atoms with Crippen molar-refractivity contribution in [3.63, 3.8) is 0 Å². The molecule has 1 aromatic rings. The van der Waals surface area contributed by atoms with Gasteiger partial charge in [0.25, 0.3) is 0 Å². The number of ether oxygens (including phenoxy) is 1. The monoisotopic (exact) mass is 376 g/mol. The Balaban J connectivity index is 0.00000220. The normalized spacial score (nSPS) is 19.8. The van der Waals surface area contributed by atoms with E-state index in [1.54, 1.807) is 0 Å². The molecule has 1 aliphatic rings. The van der Waals surface area contributed by atoms with Crippen LogP contribution >= 0.6 is 28.3 Å². The predicted molar refractivity (Wildman–Crippen MR) is 89.8 cm³/mol. The minimum Gasteiger partial charge on any atom is -0.370 e. The quantitative estimate of drug-likeness (QED) is 0.877. The number of amides is 1. The summed E-state index contributed by atoms with van der Waals surface area (Å²) >= 11 is 3.43. The smallest absolute Gasteiger partial charge is 0.226 e. The summed E-state index contributed by atoms with van der Waals surface area (Å²) in [5, 5.41) is 3.05. The number of rotatable bonds is 4. The topological polar surface area (TPSA) is 41.6 Å². The highest BCUT2D eigenvalue weighted by Gasteiger charge is 2.27. The van der Waals surface area contributed by atoms with Crippen LogP contribution in [0.2, 0.25) is 0 Å². The Hall–Kier alpha value is -0.620. The number of morpholine rings is 1. The lowest BCUT2D eigenvalue weighted by molar-refractivity contribution is -0.142. The first-order valence-corrected chi connectivity index (χ1v) is 7.71. The van der Waals surface area contributed by atoms with Crippen molar-refractivity contribution in [2.45, 2.75) is 13.0 Å². The molecule has 0 radical (unpaired) electrons. The van der Waals surface area contributed by atoms with E-state index >= 15 is 0 Å². The summed E-state index contributed by atoms with van der Waals surface area (Å²) in [6.45, 7) is 4.58. The van der Waals surface area contributed by atoms with Crippen LogP contribution in [0, 0.1) is 5.92 Å². The molecule has 0 saturated carbocycles. The minimum absolute atomic E-state index is 0. The Bertz CT molecular complexity index is 455. The lowest BCUT2D eigenvalue weighted by atomic mass is 10.1. The van der Waals surface area contributed by atoms with Gasteiger partial charge >= 0.3 is 0 Å². The Morgan fingerprint density at radius 1 is 1.48 bits per heavy atom. The molecule has 1 fully saturated rings. The summed E-state index contributed by atoms with van der Waals surface area (Å²) in [7, 11) is 1.87. The third kappa shape index (κ3) is 4.95. The lowest BCUT2D eigenvalue weighted by Gasteiger charge is -2.34. The van der Waals surface area contributed by atoms with Gasteiger partial charge in [0, 0.05) is 23.5 Å². The van der Waals surface area contributed by atoms with Crippen molar-refractivity contribution in [1.82, 2.24) is 10.2 Å². The molecule has 0 aromatic heterocycles. The molecule has 0 bridgehead atoms. The first-order valence-electron chi connectivity index (χ1n) is 6.92. The maximum atomic E-state index is 12.3. The Morgan fingerprint density at radius 2 is 2.14 bits per heavy atom. The van der Waals surface area contributed by atoms with Crippen LogP contribution in [0.5, 0.6) is 0 Å². The summed E-state index contributed by atoms with van der Waals surface area (Å²) in [5.41, 5.74) is 1.12. The highest BCUT2D eigenvalue weighted by atomic mass is 79.9. The molecule has 21 heavy (non-hydrogen) atoms. The molecule has 0 spiro atoms. The zero-order chi connectivity index (χ0) is 14.5. The van der Waals surface area contributed by atoms with Crippen molar-refractivity contribution in [3.8, 4) is 0 Å². The van der Waals surface area contributed by atoms with Crippen LogP contribution in [0.25, 0.3) is 0 Å². The second-order valence-electron chi connectivity index (χ2n) is 5.15. The summed E-state index contributed by atoms with van der Waals surface area (Å²) < 4.78 is 6.85. The summed E-state index contributed by atoms with van der Waals surface area (Å²) in [6.07, 6.45) is -0.0254. The SMILES string of the molecule is CNCC(C)C(=O)N1CCOC(c2ccc(Br)cc2)C1.Cl. The largest absolute Gasteiger partial charge is 0.370 e. The first-order chi connectivity index (χ1) is 9.61. The van der Waals surface area contributed by atoms with Crippen molar-refractivity contribution < 1.29 is 9.53 Å². The molecular formula is C15H22BrClN2O2. The molecule has 1 N–H and O–H groups in total. The standard InChI is InChI=1S/C15H21BrN2O2.ClH/c1-11(9-17-2)15(19)18-7-8-20-14(10-18)12-3-5-13(16)6-4-12;/h3-6,11,14,17H,7-10H2,1-2H3;1H. The molecule has 1 heterocycles. The van der Waals surface area contributed by atoms with E-state index in [-0.39, 0.29) is 30.3 Å². The average Bonchev–Trinajstić information content (AvgIpc) is 2.47. The average molecular weight is 378 g/mol. The van der Waals surface area contributed by atoms with Gasteiger partial charge in [-0.3, -0.25) is 4.79 Å². The minimum atomic E-state index is -0.0254. The van der Waals surface area contributed by atoms with Gasteiger partial charge in [0.1, 0.15) is 6.10 Å². The van der Waals surface area contributed by atoms with E-state index in [1.807, 2.05) is 43.1 Å². The number of nitrogens with one attached hydrogen (secondary N) is 1. The van der Waals surface area contributed by atoms with Crippen LogP contribution in [0.4, 0.5) is 0 Å². The van der Waals surface area contributed by atoms with Crippen LogP contribution in [-0.4, -0.2) is 44.1 Å². The number of hydrogen-bond donors (Lipinski definition) is 1. The van der Waals surface area contributed by atoms with Gasteiger partial charge < -0.3 is 15.0 Å². The molecule has 1 saturated heterocycles. The Morgan fingerprint density at radius 3 is 2.76 bits per heavy atom. The number of halogens is 2. The summed E-state index contributed by atoms with van der Waals surface area (Å²) in [6, 6.07) is 8.09. The van der Waals surface area contributed by atoms with E-state index in [1.165, 1.54) is 0 Å². The van der Waals surface area contributed by atoms with E-state index in [0.29, 0.717) is 26.2 Å². The van der Waals surface area contributed by atoms with Crippen molar-refractivity contribution in [1.29, 1.82) is 0 Å². The van der Waals surface area contributed by atoms with Crippen LogP contribution in [0.15, 0.2) is 28.7 Å². The molecule has 2 atom stereocenters. The van der Waals surface area contributed by atoms with Gasteiger partial charge in [-0.15, -0.1) is 12.4 Å². The number of nitrogens with zero attached hydrogens (tertiary/aromatic N) is 1. The Kier molecular flexibility index (Phi) is 7.66. The van der Waals surface area contributed by atoms with Crippen molar-refractivity contribution >= 4 is 34.2 Å². The molecule has 2 rings (SSSR count). The van der Waals surface area contributed by atoms with Crippen molar-refractivity contribution in [2.24, 2.45) is 5.92 Å². The fourth-order valence-corrected chi connectivity index (χ4v) is 2.70. The van der Waals surface area contributed by atoms with Crippen LogP contribution in [-0.2, 0) is 9.53 Å². The molecule has 4 nitrogen and oxygen atoms in total. The highest BCUT2D eigenvalue weighted by Crippen LogP contribution is 2.24. The zero-order valence-electron chi connectivity index (χ0n) is 12.3. The maximum Gasteiger partial charge on any atom is 0.226 e. The molecule has 2 unspecified atom stereocenters. The van der Waals surface area contributed by atoms with Crippen LogP contribution in [0.1, 0.15) is 18.6 Å². The first kappa shape index (κ1) is 18.4. The molecular weight excluding hydrogens is 356 g/mol. The molecule has 118 valence electrons. The number of carbonyl (C=O) groups excluding carboxylic acids is 1. The van der Waals surface area contributed by atoms with E-state index in [9.17, 15) is 4.79 Å². The van der Waals surface area contributed by atoms with Gasteiger partial charge in [0.15, 0.2) is 0 Å². The maximum absolute atomic E-state index is 12.3. The van der Waals surface area contributed by atoms with Gasteiger partial charge in [-0.2, -0.15) is 0 Å². The zero-order valence-corrected chi connectivity index (χ0v) is 14.7. The van der Waals surface area contributed by atoms with E-state index < -0.39 is 0 Å². The number of carbonyl (C=O) groups is 1. The van der Waals surface area contributed by atoms with Crippen LogP contribution < -0.4 is 5.32 Å². The van der Waals surface area contributed by atoms with Crippen molar-refractivity contribution in [3.05, 3.63) is 34.3 Å². The van der Waals surface area contributed by atoms with Gasteiger partial charge in [-0.05, 0) is 24.7 Å². The van der Waals surface area contributed by atoms with E-state index in [0.717, 1.165) is 10.0 Å². The van der Waals surface area contributed by atoms with Crippen LogP contribution in [0.3, 0.4) is 0 Å². The van der Waals surface area contributed by atoms with E-state index in [2.05, 4.69) is 21.2 Å². The number of hydrogen-bond acceptors (Lipinski definition) is 3. The molecule has 0 aliphatic carbocycles. The second kappa shape index (κ2) is 8.73. The lowest BCUT2D eigenvalue weighted by Crippen LogP contribution is -2.46. The highest BCUT2D eigenvalue weighted by molar-refractivity contribution is 9.10. The second-order valence-corrected chi connectivity index (χ2v) is 6.07. The summed E-state index contributed by atoms with van der Waals surface area (Å²) in [4.78, 5) is 14.3. The molecule has 6 heteroatoms. The third-order valence-electron chi connectivity index (χ3n) is 3.55. The van der Waals surface area contributed by atoms with Gasteiger partial charge in [-0.25, -0.2) is 0 Å². The third-order valence-corrected chi connectivity index (χ3v) is 4.08. The van der Waals surface area contributed by atoms with E-state index in [4.69, 9.17) is 4.74 Å². The molecule has 1 aromatic carbocycles. The Labute approximate surface area is 140 Å². The predicted octanol–water partition coefficient (Wildman–Crippen LogP) is 2.63. The number of benzene rings is 1. The van der Waals surface area contributed by atoms with Crippen molar-refractivity contribution in [2.75, 3.05) is 33.3 Å². The van der Waals surface area contributed by atoms with Gasteiger partial charge in [0.05, 0.1) is 13.2 Å². The van der Waals surface area contributed by atoms with Gasteiger partial charge in [-0.1, -0.05) is 35.0 Å². The van der Waals surface area contributed by atoms with Gasteiger partial charge in [0.2, 0.25) is 5.91 Å². The fraction of sp³-hybridized carbons (Fsp3) is 0.533. The molecule has 1 amide bonds. The summed E-state index contributed by atoms with van der Waals surface area (Å²) in [5.74, 6) is 0.202.